The Morgan fingerprint density at radius 2 is 1.78 bits per heavy atom. The number of pyridine rings is 1. The van der Waals surface area contributed by atoms with Crippen LogP contribution in [0, 0.1) is 0 Å². The molecule has 10 heteroatoms. The molecule has 0 aliphatic carbocycles. The van der Waals surface area contributed by atoms with Gasteiger partial charge in [0.2, 0.25) is 0 Å². The third-order valence-corrected chi connectivity index (χ3v) is 7.11. The van der Waals surface area contributed by atoms with Gasteiger partial charge in [-0.25, -0.2) is 0 Å². The van der Waals surface area contributed by atoms with Gasteiger partial charge in [-0.1, -0.05) is 24.8 Å². The molecule has 0 unspecified atom stereocenters. The van der Waals surface area contributed by atoms with E-state index < -0.39 is 0 Å². The van der Waals surface area contributed by atoms with E-state index in [1.807, 2.05) is 36.4 Å². The number of morpholine rings is 1. The van der Waals surface area contributed by atoms with E-state index in [2.05, 4.69) is 32.0 Å². The summed E-state index contributed by atoms with van der Waals surface area (Å²) < 4.78 is 16.9. The van der Waals surface area contributed by atoms with Gasteiger partial charge in [-0.2, -0.15) is 0 Å². The van der Waals surface area contributed by atoms with E-state index >= 15 is 0 Å². The van der Waals surface area contributed by atoms with Crippen LogP contribution in [0.1, 0.15) is 28.9 Å². The number of benzene rings is 2. The first kappa shape index (κ1) is 28.3. The fourth-order valence-electron chi connectivity index (χ4n) is 4.81. The molecule has 5 rings (SSSR count). The van der Waals surface area contributed by atoms with E-state index in [0.29, 0.717) is 36.8 Å². The zero-order chi connectivity index (χ0) is 28.4. The number of ether oxygens (including phenoxy) is 3. The van der Waals surface area contributed by atoms with Crippen molar-refractivity contribution >= 4 is 23.0 Å². The third-order valence-electron chi connectivity index (χ3n) is 7.11. The van der Waals surface area contributed by atoms with Crippen LogP contribution in [0.15, 0.2) is 73.2 Å². The Kier molecular flexibility index (Phi) is 9.56. The van der Waals surface area contributed by atoms with Crippen LogP contribution in [0.2, 0.25) is 0 Å². The number of hydrogen-bond acceptors (Lipinski definition) is 9. The van der Waals surface area contributed by atoms with Crippen molar-refractivity contribution < 1.29 is 19.0 Å². The smallest absolute Gasteiger partial charge is 0.274 e. The number of nitrogens with two attached hydrogens (primary N) is 1. The van der Waals surface area contributed by atoms with Crippen molar-refractivity contribution in [2.24, 2.45) is 0 Å². The van der Waals surface area contributed by atoms with Crippen molar-refractivity contribution in [1.82, 2.24) is 14.8 Å². The minimum absolute atomic E-state index is 0.306. The first-order valence-electron chi connectivity index (χ1n) is 14.1. The Morgan fingerprint density at radius 3 is 2.56 bits per heavy atom. The molecule has 0 bridgehead atoms. The molecule has 3 aromatic rings. The number of hydrogen-bond donors (Lipinski definition) is 3. The molecule has 0 radical (unpaired) electrons. The Labute approximate surface area is 241 Å². The van der Waals surface area contributed by atoms with Crippen LogP contribution < -0.4 is 25.8 Å². The van der Waals surface area contributed by atoms with Crippen LogP contribution in [-0.4, -0.2) is 73.3 Å². The quantitative estimate of drug-likeness (QED) is 0.222. The maximum Gasteiger partial charge on any atom is 0.274 e. The predicted octanol–water partition coefficient (Wildman–Crippen LogP) is 4.19. The summed E-state index contributed by atoms with van der Waals surface area (Å²) in [5.41, 5.74) is 9.20. The number of carbonyl (C=O) groups excluding carboxylic acids is 1. The Morgan fingerprint density at radius 1 is 0.976 bits per heavy atom. The molecule has 2 aromatic carbocycles. The first-order chi connectivity index (χ1) is 20.0. The summed E-state index contributed by atoms with van der Waals surface area (Å²) >= 11 is 0. The molecule has 0 spiro atoms. The second kappa shape index (κ2) is 13.9. The zero-order valence-corrected chi connectivity index (χ0v) is 23.3. The normalized spacial score (nSPS) is 14.7. The van der Waals surface area contributed by atoms with Crippen molar-refractivity contribution in [3.63, 3.8) is 0 Å². The molecule has 0 saturated carbocycles. The topological polar surface area (TPSA) is 114 Å². The van der Waals surface area contributed by atoms with Crippen LogP contribution in [-0.2, 0) is 11.3 Å². The minimum atomic E-state index is -0.306. The molecule has 2 aliphatic rings. The SMILES string of the molecule is C=C(Nc1ccc2c(c1)OCCO2)N(CCCCN1CCOCC1)Cc1ccc(C(=O)Nc2ccccc2N)nc1. The Hall–Kier alpha value is -4.28. The van der Waals surface area contributed by atoms with Gasteiger partial charge in [0.05, 0.1) is 30.4 Å². The highest BCUT2D eigenvalue weighted by atomic mass is 16.6. The maximum absolute atomic E-state index is 12.7. The highest BCUT2D eigenvalue weighted by Crippen LogP contribution is 2.33. The van der Waals surface area contributed by atoms with Gasteiger partial charge in [-0.3, -0.25) is 14.7 Å². The number of anilines is 3. The van der Waals surface area contributed by atoms with Crippen LogP contribution in [0.5, 0.6) is 11.5 Å². The number of aromatic nitrogens is 1. The average Bonchev–Trinajstić information content (AvgIpc) is 3.00. The maximum atomic E-state index is 12.7. The molecule has 2 aliphatic heterocycles. The van der Waals surface area contributed by atoms with Gasteiger partial charge in [0.15, 0.2) is 11.5 Å². The third kappa shape index (κ3) is 7.90. The number of nitrogens with one attached hydrogen (secondary N) is 2. The number of nitrogens with zero attached hydrogens (tertiary/aromatic N) is 3. The highest BCUT2D eigenvalue weighted by Gasteiger charge is 2.16. The molecule has 10 nitrogen and oxygen atoms in total. The molecule has 1 amide bonds. The van der Waals surface area contributed by atoms with Crippen LogP contribution in [0.4, 0.5) is 17.1 Å². The van der Waals surface area contributed by atoms with Crippen molar-refractivity contribution in [3.05, 3.63) is 84.5 Å². The predicted molar refractivity (Wildman–Crippen MR) is 160 cm³/mol. The molecule has 41 heavy (non-hydrogen) atoms. The lowest BCUT2D eigenvalue weighted by Gasteiger charge is -2.29. The highest BCUT2D eigenvalue weighted by molar-refractivity contribution is 6.04. The summed E-state index contributed by atoms with van der Waals surface area (Å²) in [6.45, 7) is 11.5. The van der Waals surface area contributed by atoms with Gasteiger partial charge in [0.25, 0.3) is 5.91 Å². The van der Waals surface area contributed by atoms with Crippen LogP contribution in [0.25, 0.3) is 0 Å². The minimum Gasteiger partial charge on any atom is -0.486 e. The fourth-order valence-corrected chi connectivity index (χ4v) is 4.81. The second-order valence-corrected chi connectivity index (χ2v) is 10.1. The first-order valence-corrected chi connectivity index (χ1v) is 14.1. The fraction of sp³-hybridized carbons (Fsp3) is 0.355. The van der Waals surface area contributed by atoms with E-state index in [1.165, 1.54) is 0 Å². The van der Waals surface area contributed by atoms with Gasteiger partial charge in [-0.05, 0) is 55.3 Å². The van der Waals surface area contributed by atoms with Crippen molar-refractivity contribution in [1.29, 1.82) is 0 Å². The average molecular weight is 559 g/mol. The van der Waals surface area contributed by atoms with Gasteiger partial charge in [0, 0.05) is 44.1 Å². The zero-order valence-electron chi connectivity index (χ0n) is 23.3. The van der Waals surface area contributed by atoms with Gasteiger partial charge in [-0.15, -0.1) is 0 Å². The lowest BCUT2D eigenvalue weighted by atomic mass is 10.2. The number of fused-ring (bicyclic) bond motifs is 1. The summed E-state index contributed by atoms with van der Waals surface area (Å²) in [5, 5.41) is 6.26. The van der Waals surface area contributed by atoms with E-state index in [-0.39, 0.29) is 5.91 Å². The lowest BCUT2D eigenvalue weighted by Crippen LogP contribution is -2.37. The molecular weight excluding hydrogens is 520 g/mol. The lowest BCUT2D eigenvalue weighted by molar-refractivity contribution is 0.0369. The molecule has 216 valence electrons. The number of para-hydroxylation sites is 2. The van der Waals surface area contributed by atoms with E-state index in [1.54, 1.807) is 24.4 Å². The molecule has 3 heterocycles. The number of rotatable bonds is 12. The van der Waals surface area contributed by atoms with E-state index in [0.717, 1.165) is 80.8 Å². The van der Waals surface area contributed by atoms with Crippen LogP contribution in [0.3, 0.4) is 0 Å². The van der Waals surface area contributed by atoms with Crippen molar-refractivity contribution in [3.8, 4) is 11.5 Å². The van der Waals surface area contributed by atoms with Crippen LogP contribution >= 0.6 is 0 Å². The summed E-state index contributed by atoms with van der Waals surface area (Å²) in [6, 6.07) is 16.6. The molecule has 0 atom stereocenters. The standard InChI is InChI=1S/C31H38N6O4/c1-23(34-25-9-11-29-30(20-25)41-19-18-40-29)37(13-5-4-12-36-14-16-39-17-15-36)22-24-8-10-28(33-21-24)31(38)35-27-7-3-2-6-26(27)32/h2-3,6-11,20-21,34H,1,4-5,12-19,22,32H2,(H,35,38). The van der Waals surface area contributed by atoms with Gasteiger partial charge in [0.1, 0.15) is 18.9 Å². The second-order valence-electron chi connectivity index (χ2n) is 10.1. The molecule has 4 N–H and O–H groups in total. The largest absolute Gasteiger partial charge is 0.486 e. The van der Waals surface area contributed by atoms with E-state index in [4.69, 9.17) is 19.9 Å². The molecular formula is C31H38N6O4. The number of nitrogen functional groups attached to an aromatic ring is 1. The monoisotopic (exact) mass is 558 g/mol. The summed E-state index contributed by atoms with van der Waals surface area (Å²) in [6.07, 6.45) is 3.82. The molecule has 1 saturated heterocycles. The molecule has 1 fully saturated rings. The summed E-state index contributed by atoms with van der Waals surface area (Å²) in [5.74, 6) is 1.94. The molecule has 1 aromatic heterocycles. The van der Waals surface area contributed by atoms with Crippen molar-refractivity contribution in [2.75, 3.05) is 69.0 Å². The number of carbonyl (C=O) groups is 1. The van der Waals surface area contributed by atoms with Crippen molar-refractivity contribution in [2.45, 2.75) is 19.4 Å². The Bertz CT molecular complexity index is 1330. The summed E-state index contributed by atoms with van der Waals surface area (Å²) in [7, 11) is 0. The van der Waals surface area contributed by atoms with E-state index in [9.17, 15) is 4.79 Å². The van der Waals surface area contributed by atoms with Gasteiger partial charge < -0.3 is 35.5 Å². The van der Waals surface area contributed by atoms with Gasteiger partial charge >= 0.3 is 0 Å². The summed E-state index contributed by atoms with van der Waals surface area (Å²) in [4.78, 5) is 21.8. The number of unbranched alkanes of at least 4 members (excludes halogenated alkanes) is 1. The Balaban J connectivity index is 1.22. The number of amides is 1.